The standard InChI is InChI=1S/C20H24N2O2/c1-5-15(4)21-19(23)16-7-6-8-17(12-16)20(24)22-18-10-13(2)9-14(3)11-18/h6-12,15H,5H2,1-4H3,(H,21,23)(H,22,24). The number of rotatable bonds is 5. The van der Waals surface area contributed by atoms with Gasteiger partial charge in [0.15, 0.2) is 0 Å². The van der Waals surface area contributed by atoms with Gasteiger partial charge in [-0.15, -0.1) is 0 Å². The molecule has 0 heterocycles. The minimum atomic E-state index is -0.224. The quantitative estimate of drug-likeness (QED) is 0.870. The Kier molecular flexibility index (Phi) is 5.74. The summed E-state index contributed by atoms with van der Waals surface area (Å²) in [6.45, 7) is 7.94. The van der Waals surface area contributed by atoms with Gasteiger partial charge in [-0.25, -0.2) is 0 Å². The van der Waals surface area contributed by atoms with Crippen LogP contribution < -0.4 is 10.6 Å². The molecule has 2 aromatic carbocycles. The SMILES string of the molecule is CCC(C)NC(=O)c1cccc(C(=O)Nc2cc(C)cc(C)c2)c1. The first-order valence-corrected chi connectivity index (χ1v) is 8.19. The van der Waals surface area contributed by atoms with E-state index in [0.717, 1.165) is 23.2 Å². The molecule has 0 saturated heterocycles. The first-order chi connectivity index (χ1) is 11.4. The summed E-state index contributed by atoms with van der Waals surface area (Å²) in [4.78, 5) is 24.6. The Morgan fingerprint density at radius 3 is 2.12 bits per heavy atom. The van der Waals surface area contributed by atoms with Crippen LogP contribution in [0.2, 0.25) is 0 Å². The Balaban J connectivity index is 2.15. The fourth-order valence-corrected chi connectivity index (χ4v) is 2.46. The maximum absolute atomic E-state index is 12.4. The zero-order valence-electron chi connectivity index (χ0n) is 14.6. The zero-order valence-corrected chi connectivity index (χ0v) is 14.6. The van der Waals surface area contributed by atoms with E-state index in [4.69, 9.17) is 0 Å². The van der Waals surface area contributed by atoms with Crippen LogP contribution in [0.3, 0.4) is 0 Å². The van der Waals surface area contributed by atoms with E-state index in [1.807, 2.05) is 39.8 Å². The summed E-state index contributed by atoms with van der Waals surface area (Å²) in [7, 11) is 0. The van der Waals surface area contributed by atoms with E-state index in [9.17, 15) is 9.59 Å². The molecule has 1 unspecified atom stereocenters. The average molecular weight is 324 g/mol. The molecule has 0 spiro atoms. The molecule has 4 heteroatoms. The van der Waals surface area contributed by atoms with Crippen LogP contribution in [0.5, 0.6) is 0 Å². The second kappa shape index (κ2) is 7.77. The lowest BCUT2D eigenvalue weighted by Crippen LogP contribution is -2.32. The fourth-order valence-electron chi connectivity index (χ4n) is 2.46. The van der Waals surface area contributed by atoms with E-state index in [0.29, 0.717) is 11.1 Å². The Morgan fingerprint density at radius 1 is 0.958 bits per heavy atom. The Morgan fingerprint density at radius 2 is 1.54 bits per heavy atom. The highest BCUT2D eigenvalue weighted by molar-refractivity contribution is 6.06. The van der Waals surface area contributed by atoms with Crippen molar-refractivity contribution >= 4 is 17.5 Å². The van der Waals surface area contributed by atoms with Gasteiger partial charge in [-0.2, -0.15) is 0 Å². The lowest BCUT2D eigenvalue weighted by atomic mass is 10.1. The van der Waals surface area contributed by atoms with E-state index in [2.05, 4.69) is 16.7 Å². The minimum Gasteiger partial charge on any atom is -0.350 e. The lowest BCUT2D eigenvalue weighted by Gasteiger charge is -2.12. The molecule has 0 aromatic heterocycles. The van der Waals surface area contributed by atoms with Crippen molar-refractivity contribution < 1.29 is 9.59 Å². The number of benzene rings is 2. The number of hydrogen-bond donors (Lipinski definition) is 2. The topological polar surface area (TPSA) is 58.2 Å². The highest BCUT2D eigenvalue weighted by Crippen LogP contribution is 2.15. The van der Waals surface area contributed by atoms with Crippen LogP contribution in [-0.4, -0.2) is 17.9 Å². The van der Waals surface area contributed by atoms with E-state index in [-0.39, 0.29) is 17.9 Å². The van der Waals surface area contributed by atoms with Crippen molar-refractivity contribution in [2.45, 2.75) is 40.2 Å². The summed E-state index contributed by atoms with van der Waals surface area (Å²) in [5.74, 6) is -0.386. The molecule has 1 atom stereocenters. The van der Waals surface area contributed by atoms with E-state index in [1.165, 1.54) is 0 Å². The lowest BCUT2D eigenvalue weighted by molar-refractivity contribution is 0.0939. The normalized spacial score (nSPS) is 11.7. The van der Waals surface area contributed by atoms with Crippen LogP contribution >= 0.6 is 0 Å². The molecule has 0 saturated carbocycles. The van der Waals surface area contributed by atoms with Gasteiger partial charge in [0.05, 0.1) is 0 Å². The molecular formula is C20H24N2O2. The Bertz CT molecular complexity index is 733. The van der Waals surface area contributed by atoms with Crippen molar-refractivity contribution in [2.75, 3.05) is 5.32 Å². The smallest absolute Gasteiger partial charge is 0.255 e. The predicted molar refractivity (Wildman–Crippen MR) is 97.5 cm³/mol. The van der Waals surface area contributed by atoms with Crippen molar-refractivity contribution in [1.82, 2.24) is 5.32 Å². The number of amides is 2. The Labute approximate surface area is 143 Å². The summed E-state index contributed by atoms with van der Waals surface area (Å²) in [6.07, 6.45) is 0.860. The van der Waals surface area contributed by atoms with E-state index < -0.39 is 0 Å². The molecule has 0 aliphatic heterocycles. The molecule has 0 aliphatic rings. The first kappa shape index (κ1) is 17.7. The molecular weight excluding hydrogens is 300 g/mol. The fraction of sp³-hybridized carbons (Fsp3) is 0.300. The maximum Gasteiger partial charge on any atom is 0.255 e. The van der Waals surface area contributed by atoms with E-state index in [1.54, 1.807) is 24.3 Å². The second-order valence-electron chi connectivity index (χ2n) is 6.19. The maximum atomic E-state index is 12.4. The van der Waals surface area contributed by atoms with Crippen molar-refractivity contribution in [2.24, 2.45) is 0 Å². The Hall–Kier alpha value is -2.62. The molecule has 4 nitrogen and oxygen atoms in total. The molecule has 0 aliphatic carbocycles. The van der Waals surface area contributed by atoms with Crippen molar-refractivity contribution in [3.05, 3.63) is 64.7 Å². The van der Waals surface area contributed by atoms with E-state index >= 15 is 0 Å². The third kappa shape index (κ3) is 4.69. The highest BCUT2D eigenvalue weighted by atomic mass is 16.2. The molecule has 24 heavy (non-hydrogen) atoms. The first-order valence-electron chi connectivity index (χ1n) is 8.19. The van der Waals surface area contributed by atoms with Crippen LogP contribution in [0, 0.1) is 13.8 Å². The summed E-state index contributed by atoms with van der Waals surface area (Å²) in [5.41, 5.74) is 3.89. The molecule has 2 aromatic rings. The van der Waals surface area contributed by atoms with Crippen molar-refractivity contribution in [3.63, 3.8) is 0 Å². The second-order valence-corrected chi connectivity index (χ2v) is 6.19. The predicted octanol–water partition coefficient (Wildman–Crippen LogP) is 4.08. The molecule has 2 N–H and O–H groups in total. The monoisotopic (exact) mass is 324 g/mol. The number of hydrogen-bond acceptors (Lipinski definition) is 2. The molecule has 0 bridgehead atoms. The summed E-state index contributed by atoms with van der Waals surface area (Å²) >= 11 is 0. The number of aryl methyl sites for hydroxylation is 2. The summed E-state index contributed by atoms with van der Waals surface area (Å²) in [6, 6.07) is 12.8. The number of carbonyl (C=O) groups excluding carboxylic acids is 2. The number of anilines is 1. The summed E-state index contributed by atoms with van der Waals surface area (Å²) < 4.78 is 0. The van der Waals surface area contributed by atoms with Crippen LogP contribution in [0.15, 0.2) is 42.5 Å². The third-order valence-electron chi connectivity index (χ3n) is 3.86. The largest absolute Gasteiger partial charge is 0.350 e. The van der Waals surface area contributed by atoms with Gasteiger partial charge < -0.3 is 10.6 Å². The van der Waals surface area contributed by atoms with Gasteiger partial charge in [-0.1, -0.05) is 19.1 Å². The van der Waals surface area contributed by atoms with Gasteiger partial charge in [0.25, 0.3) is 11.8 Å². The van der Waals surface area contributed by atoms with Crippen LogP contribution in [-0.2, 0) is 0 Å². The van der Waals surface area contributed by atoms with Gasteiger partial charge in [0, 0.05) is 22.9 Å². The third-order valence-corrected chi connectivity index (χ3v) is 3.86. The molecule has 2 rings (SSSR count). The van der Waals surface area contributed by atoms with Crippen molar-refractivity contribution in [3.8, 4) is 0 Å². The number of carbonyl (C=O) groups is 2. The van der Waals surface area contributed by atoms with Crippen LogP contribution in [0.4, 0.5) is 5.69 Å². The summed E-state index contributed by atoms with van der Waals surface area (Å²) in [5, 5.41) is 5.79. The highest BCUT2D eigenvalue weighted by Gasteiger charge is 2.12. The zero-order chi connectivity index (χ0) is 17.7. The minimum absolute atomic E-state index is 0.102. The molecule has 2 amide bonds. The van der Waals surface area contributed by atoms with Gasteiger partial charge in [-0.3, -0.25) is 9.59 Å². The average Bonchev–Trinajstić information content (AvgIpc) is 2.53. The van der Waals surface area contributed by atoms with Gasteiger partial charge in [-0.05, 0) is 68.7 Å². The van der Waals surface area contributed by atoms with Crippen molar-refractivity contribution in [1.29, 1.82) is 0 Å². The number of nitrogens with one attached hydrogen (secondary N) is 2. The molecule has 0 fully saturated rings. The van der Waals surface area contributed by atoms with Gasteiger partial charge in [0.1, 0.15) is 0 Å². The molecule has 0 radical (unpaired) electrons. The van der Waals surface area contributed by atoms with Gasteiger partial charge >= 0.3 is 0 Å². The van der Waals surface area contributed by atoms with Crippen LogP contribution in [0.1, 0.15) is 52.1 Å². The molecule has 126 valence electrons. The van der Waals surface area contributed by atoms with Crippen LogP contribution in [0.25, 0.3) is 0 Å². The van der Waals surface area contributed by atoms with Gasteiger partial charge in [0.2, 0.25) is 0 Å².